The number of aliphatic hydroxyl groups excluding tert-OH is 1. The Kier molecular flexibility index (Phi) is 3.46. The van der Waals surface area contributed by atoms with E-state index in [1.807, 2.05) is 29.6 Å². The van der Waals surface area contributed by atoms with Gasteiger partial charge in [0.15, 0.2) is 0 Å². The van der Waals surface area contributed by atoms with Crippen LogP contribution >= 0.6 is 11.3 Å². The zero-order valence-corrected chi connectivity index (χ0v) is 11.8. The Balaban J connectivity index is 1.83. The summed E-state index contributed by atoms with van der Waals surface area (Å²) in [6.07, 6.45) is -0.00908. The SMILES string of the molecule is COc1ccsc1C(=O)N[C@H]1c2ccccc2C[C@H]1O. The molecule has 2 N–H and O–H groups in total. The van der Waals surface area contributed by atoms with Crippen LogP contribution in [0.25, 0.3) is 0 Å². The van der Waals surface area contributed by atoms with Crippen LogP contribution in [0.3, 0.4) is 0 Å². The molecular formula is C15H15NO3S. The molecule has 2 atom stereocenters. The predicted molar refractivity (Wildman–Crippen MR) is 77.2 cm³/mol. The molecule has 1 aromatic heterocycles. The summed E-state index contributed by atoms with van der Waals surface area (Å²) < 4.78 is 5.15. The number of hydrogen-bond donors (Lipinski definition) is 2. The number of thiophene rings is 1. The van der Waals surface area contributed by atoms with Gasteiger partial charge < -0.3 is 15.2 Å². The molecule has 1 amide bonds. The lowest BCUT2D eigenvalue weighted by atomic mass is 10.1. The summed E-state index contributed by atoms with van der Waals surface area (Å²) in [6, 6.07) is 9.20. The summed E-state index contributed by atoms with van der Waals surface area (Å²) in [5.74, 6) is 0.353. The van der Waals surface area contributed by atoms with Gasteiger partial charge in [-0.2, -0.15) is 0 Å². The van der Waals surface area contributed by atoms with Crippen molar-refractivity contribution in [3.63, 3.8) is 0 Å². The second-order valence-electron chi connectivity index (χ2n) is 4.74. The van der Waals surface area contributed by atoms with Gasteiger partial charge in [0.2, 0.25) is 0 Å². The molecule has 3 rings (SSSR count). The molecule has 1 aromatic carbocycles. The number of ether oxygens (including phenoxy) is 1. The first-order chi connectivity index (χ1) is 9.70. The monoisotopic (exact) mass is 289 g/mol. The van der Waals surface area contributed by atoms with Gasteiger partial charge in [-0.3, -0.25) is 4.79 Å². The van der Waals surface area contributed by atoms with Crippen LogP contribution in [0.1, 0.15) is 26.8 Å². The number of hydrogen-bond acceptors (Lipinski definition) is 4. The van der Waals surface area contributed by atoms with Crippen LogP contribution in [-0.4, -0.2) is 24.2 Å². The Bertz CT molecular complexity index is 638. The number of amides is 1. The molecule has 0 fully saturated rings. The summed E-state index contributed by atoms with van der Waals surface area (Å²) in [5, 5.41) is 14.9. The van der Waals surface area contributed by atoms with Crippen LogP contribution in [0.15, 0.2) is 35.7 Å². The summed E-state index contributed by atoms with van der Waals surface area (Å²) >= 11 is 1.33. The number of methoxy groups -OCH3 is 1. The summed E-state index contributed by atoms with van der Waals surface area (Å²) in [6.45, 7) is 0. The van der Waals surface area contributed by atoms with Gasteiger partial charge >= 0.3 is 0 Å². The fraction of sp³-hybridized carbons (Fsp3) is 0.267. The second kappa shape index (κ2) is 5.26. The van der Waals surface area contributed by atoms with Gasteiger partial charge in [0.25, 0.3) is 5.91 Å². The molecule has 1 heterocycles. The normalized spacial score (nSPS) is 20.5. The van der Waals surface area contributed by atoms with E-state index in [2.05, 4.69) is 5.32 Å². The van der Waals surface area contributed by atoms with Gasteiger partial charge in [-0.05, 0) is 22.6 Å². The number of carbonyl (C=O) groups is 1. The predicted octanol–water partition coefficient (Wildman–Crippen LogP) is 2.14. The van der Waals surface area contributed by atoms with E-state index in [0.717, 1.165) is 11.1 Å². The molecule has 1 aliphatic carbocycles. The van der Waals surface area contributed by atoms with E-state index in [9.17, 15) is 9.90 Å². The lowest BCUT2D eigenvalue weighted by Crippen LogP contribution is -2.33. The fourth-order valence-electron chi connectivity index (χ4n) is 2.58. The third kappa shape index (κ3) is 2.19. The number of carbonyl (C=O) groups excluding carboxylic acids is 1. The van der Waals surface area contributed by atoms with Gasteiger partial charge in [0, 0.05) is 6.42 Å². The Morgan fingerprint density at radius 3 is 3.00 bits per heavy atom. The number of aliphatic hydroxyl groups is 1. The van der Waals surface area contributed by atoms with E-state index in [1.165, 1.54) is 11.3 Å². The molecule has 0 radical (unpaired) electrons. The van der Waals surface area contributed by atoms with E-state index in [-0.39, 0.29) is 11.9 Å². The summed E-state index contributed by atoms with van der Waals surface area (Å²) in [5.41, 5.74) is 2.08. The molecule has 0 spiro atoms. The zero-order valence-electron chi connectivity index (χ0n) is 11.0. The van der Waals surface area contributed by atoms with Gasteiger partial charge in [-0.15, -0.1) is 11.3 Å². The lowest BCUT2D eigenvalue weighted by molar-refractivity contribution is 0.0859. The van der Waals surface area contributed by atoms with Crippen molar-refractivity contribution in [2.45, 2.75) is 18.6 Å². The highest BCUT2D eigenvalue weighted by atomic mass is 32.1. The molecule has 0 saturated carbocycles. The Labute approximate surface area is 121 Å². The topological polar surface area (TPSA) is 58.6 Å². The van der Waals surface area contributed by atoms with Gasteiger partial charge in [-0.1, -0.05) is 24.3 Å². The molecule has 0 saturated heterocycles. The highest BCUT2D eigenvalue weighted by Crippen LogP contribution is 2.32. The van der Waals surface area contributed by atoms with Gasteiger partial charge in [0.1, 0.15) is 10.6 Å². The van der Waals surface area contributed by atoms with Gasteiger partial charge in [0.05, 0.1) is 19.3 Å². The van der Waals surface area contributed by atoms with Crippen molar-refractivity contribution >= 4 is 17.2 Å². The summed E-state index contributed by atoms with van der Waals surface area (Å²) in [4.78, 5) is 12.8. The molecule has 5 heteroatoms. The van der Waals surface area contributed by atoms with Crippen molar-refractivity contribution in [1.29, 1.82) is 0 Å². The molecule has 0 unspecified atom stereocenters. The van der Waals surface area contributed by atoms with Gasteiger partial charge in [-0.25, -0.2) is 0 Å². The Morgan fingerprint density at radius 2 is 2.20 bits per heavy atom. The number of nitrogens with one attached hydrogen (secondary N) is 1. The minimum Gasteiger partial charge on any atom is -0.495 e. The smallest absolute Gasteiger partial charge is 0.265 e. The maximum absolute atomic E-state index is 12.3. The van der Waals surface area contributed by atoms with Crippen molar-refractivity contribution in [3.8, 4) is 5.75 Å². The highest BCUT2D eigenvalue weighted by Gasteiger charge is 2.32. The number of rotatable bonds is 3. The van der Waals surface area contributed by atoms with Crippen molar-refractivity contribution in [1.82, 2.24) is 5.32 Å². The molecule has 2 aromatic rings. The third-order valence-corrected chi connectivity index (χ3v) is 4.44. The molecule has 20 heavy (non-hydrogen) atoms. The van der Waals surface area contributed by atoms with E-state index in [0.29, 0.717) is 17.0 Å². The van der Waals surface area contributed by atoms with E-state index >= 15 is 0 Å². The van der Waals surface area contributed by atoms with Crippen molar-refractivity contribution in [2.75, 3.05) is 7.11 Å². The average Bonchev–Trinajstić information content (AvgIpc) is 3.04. The van der Waals surface area contributed by atoms with Crippen molar-refractivity contribution < 1.29 is 14.6 Å². The first-order valence-corrected chi connectivity index (χ1v) is 7.27. The van der Waals surface area contributed by atoms with E-state index in [1.54, 1.807) is 13.2 Å². The lowest BCUT2D eigenvalue weighted by Gasteiger charge is -2.17. The molecular weight excluding hydrogens is 274 g/mol. The maximum atomic E-state index is 12.3. The molecule has 104 valence electrons. The largest absolute Gasteiger partial charge is 0.495 e. The molecule has 1 aliphatic rings. The first kappa shape index (κ1) is 13.1. The molecule has 0 aliphatic heterocycles. The number of benzene rings is 1. The Morgan fingerprint density at radius 1 is 1.40 bits per heavy atom. The van der Waals surface area contributed by atoms with E-state index in [4.69, 9.17) is 4.74 Å². The van der Waals surface area contributed by atoms with Crippen LogP contribution < -0.4 is 10.1 Å². The first-order valence-electron chi connectivity index (χ1n) is 6.39. The average molecular weight is 289 g/mol. The highest BCUT2D eigenvalue weighted by molar-refractivity contribution is 7.12. The molecule has 0 bridgehead atoms. The van der Waals surface area contributed by atoms with Crippen LogP contribution in [-0.2, 0) is 6.42 Å². The third-order valence-electron chi connectivity index (χ3n) is 3.55. The standard InChI is InChI=1S/C15H15NO3S/c1-19-12-6-7-20-14(12)15(18)16-13-10-5-3-2-4-9(10)8-11(13)17/h2-7,11,13,17H,8H2,1H3,(H,16,18)/t11-,13+/m1/s1. The second-order valence-corrected chi connectivity index (χ2v) is 5.66. The van der Waals surface area contributed by atoms with E-state index < -0.39 is 6.10 Å². The van der Waals surface area contributed by atoms with Crippen LogP contribution in [0, 0.1) is 0 Å². The zero-order chi connectivity index (χ0) is 14.1. The van der Waals surface area contributed by atoms with Crippen LogP contribution in [0.5, 0.6) is 5.75 Å². The van der Waals surface area contributed by atoms with Crippen LogP contribution in [0.4, 0.5) is 0 Å². The maximum Gasteiger partial charge on any atom is 0.265 e. The summed E-state index contributed by atoms with van der Waals surface area (Å²) in [7, 11) is 1.54. The fourth-order valence-corrected chi connectivity index (χ4v) is 3.34. The number of fused-ring (bicyclic) bond motifs is 1. The minimum atomic E-state index is -0.581. The van der Waals surface area contributed by atoms with Crippen molar-refractivity contribution in [2.24, 2.45) is 0 Å². The van der Waals surface area contributed by atoms with Crippen molar-refractivity contribution in [3.05, 3.63) is 51.7 Å². The Hall–Kier alpha value is -1.85. The molecule has 4 nitrogen and oxygen atoms in total. The van der Waals surface area contributed by atoms with Crippen LogP contribution in [0.2, 0.25) is 0 Å². The minimum absolute atomic E-state index is 0.211. The quantitative estimate of drug-likeness (QED) is 0.910.